The number of hydrogen-bond donors (Lipinski definition) is 3. The van der Waals surface area contributed by atoms with Crippen molar-refractivity contribution >= 4 is 49.8 Å². The molecule has 10 aliphatic rings. The molecule has 1 unspecified atom stereocenters. The Morgan fingerprint density at radius 3 is 1.79 bits per heavy atom. The number of carbonyl (C=O) groups is 3. The van der Waals surface area contributed by atoms with Crippen LogP contribution in [0.15, 0.2) is 24.3 Å². The maximum Gasteiger partial charge on any atom is 0.316 e. The van der Waals surface area contributed by atoms with E-state index in [0.29, 0.717) is 79.8 Å². The minimum Gasteiger partial charge on any atom is -0.482 e. The average Bonchev–Trinajstić information content (AvgIpc) is 4.17. The van der Waals surface area contributed by atoms with Gasteiger partial charge in [0, 0.05) is 61.9 Å². The zero-order valence-corrected chi connectivity index (χ0v) is 39.1. The topological polar surface area (TPSA) is 155 Å². The zero-order chi connectivity index (χ0) is 44.8. The maximum absolute atomic E-state index is 13.8. The first-order valence-corrected chi connectivity index (χ1v) is 26.2. The highest BCUT2D eigenvalue weighted by atomic mass is 32.1. The molecule has 2 spiro atoms. The fraction of sp³-hybridized carbons (Fsp3) is 0.596. The van der Waals surface area contributed by atoms with Crippen molar-refractivity contribution in [2.45, 2.75) is 156 Å². The van der Waals surface area contributed by atoms with E-state index >= 15 is 0 Å². The average molecular weight is 933 g/mol. The van der Waals surface area contributed by atoms with Gasteiger partial charge in [-0.1, -0.05) is 12.1 Å². The van der Waals surface area contributed by atoms with Crippen molar-refractivity contribution < 1.29 is 48.7 Å². The Hall–Kier alpha value is -3.89. The molecule has 14 rings (SSSR count). The lowest BCUT2D eigenvalue weighted by Gasteiger charge is -2.63. The largest absolute Gasteiger partial charge is 0.482 e. The van der Waals surface area contributed by atoms with Gasteiger partial charge in [-0.25, -0.2) is 0 Å². The van der Waals surface area contributed by atoms with E-state index in [-0.39, 0.29) is 37.1 Å². The number of nitrogens with zero attached hydrogens (tertiary/aromatic N) is 2. The number of Topliss-reactive ketones (excluding diaryl/α,β-unsaturated/α-hetero) is 1. The number of aliphatic hydroxyl groups excluding tert-OH is 1. The molecule has 66 heavy (non-hydrogen) atoms. The number of thiophene rings is 2. The van der Waals surface area contributed by atoms with Gasteiger partial charge in [0.05, 0.1) is 41.0 Å². The molecule has 4 bridgehead atoms. The summed E-state index contributed by atoms with van der Waals surface area (Å²) in [5.41, 5.74) is 2.22. The van der Waals surface area contributed by atoms with Crippen LogP contribution in [-0.4, -0.2) is 111 Å². The van der Waals surface area contributed by atoms with Crippen molar-refractivity contribution in [3.05, 3.63) is 67.4 Å². The first-order valence-electron chi connectivity index (χ1n) is 24.5. The second-order valence-electron chi connectivity index (χ2n) is 21.8. The molecule has 0 radical (unpaired) electrons. The van der Waals surface area contributed by atoms with Crippen LogP contribution in [0.5, 0.6) is 23.0 Å². The highest BCUT2D eigenvalue weighted by molar-refractivity contribution is 7.28. The molecule has 4 aromatic rings. The summed E-state index contributed by atoms with van der Waals surface area (Å²) >= 11 is 3.08. The van der Waals surface area contributed by atoms with Crippen molar-refractivity contribution in [3.63, 3.8) is 0 Å². The Kier molecular flexibility index (Phi) is 8.65. The summed E-state index contributed by atoms with van der Waals surface area (Å²) in [6.07, 6.45) is 7.35. The van der Waals surface area contributed by atoms with Gasteiger partial charge in [-0.3, -0.25) is 24.2 Å². The number of piperidine rings is 2. The van der Waals surface area contributed by atoms with Crippen LogP contribution in [0.4, 0.5) is 0 Å². The minimum absolute atomic E-state index is 0.00760. The van der Waals surface area contributed by atoms with E-state index in [4.69, 9.17) is 18.9 Å². The van der Waals surface area contributed by atoms with E-state index in [1.165, 1.54) is 37.0 Å². The van der Waals surface area contributed by atoms with Gasteiger partial charge < -0.3 is 34.3 Å². The predicted molar refractivity (Wildman–Crippen MR) is 245 cm³/mol. The summed E-state index contributed by atoms with van der Waals surface area (Å²) in [4.78, 5) is 48.0. The fourth-order valence-corrected chi connectivity index (χ4v) is 17.8. The summed E-state index contributed by atoms with van der Waals surface area (Å²) < 4.78 is 27.5. The summed E-state index contributed by atoms with van der Waals surface area (Å²) in [7, 11) is 0. The third kappa shape index (κ3) is 5.35. The molecular weight excluding hydrogens is 877 g/mol. The van der Waals surface area contributed by atoms with E-state index in [1.54, 1.807) is 17.4 Å². The lowest BCUT2D eigenvalue weighted by Crippen LogP contribution is -2.77. The quantitative estimate of drug-likeness (QED) is 0.128. The molecular formula is C52H56N2O10S2. The van der Waals surface area contributed by atoms with E-state index in [1.807, 2.05) is 32.0 Å². The fourth-order valence-electron chi connectivity index (χ4n) is 15.0. The standard InChI is InChI=1S/C52H56N2O10S2/c1-25-35(21-39(57)61-33-9-7-29-19-37-51(59)13-11-31(55)47-49(51,41(29)43(33)63-47)15-17-53(37)23-27-3-4-27)65-46-26(2)36(66-45(25)46)22-40(58)62-34-10-8-30-20-38-52(60)14-12-32(56)48-50(52,42(30)44(34)64-48)16-18-54(38)24-28-5-6-28/h7-10,27-28,31,37-38,47-48,55,59-60H,3-6,11-24H2,1-2H3/t31?,37-,38-,47+,48+,49+,50+,51-,52-/m1/s1. The van der Waals surface area contributed by atoms with Gasteiger partial charge in [0.2, 0.25) is 0 Å². The molecule has 6 heterocycles. The number of likely N-dealkylation sites (tertiary alicyclic amines) is 2. The highest BCUT2D eigenvalue weighted by Gasteiger charge is 2.75. The van der Waals surface area contributed by atoms with Crippen LogP contribution in [-0.2, 0) is 50.9 Å². The molecule has 4 aliphatic heterocycles. The third-order valence-corrected chi connectivity index (χ3v) is 21.4. The highest BCUT2D eigenvalue weighted by Crippen LogP contribution is 2.67. The van der Waals surface area contributed by atoms with Gasteiger partial charge in [-0.2, -0.15) is 0 Å². The Morgan fingerprint density at radius 1 is 0.712 bits per heavy atom. The Balaban J connectivity index is 0.695. The molecule has 6 fully saturated rings. The lowest BCUT2D eigenvalue weighted by atomic mass is 9.48. The van der Waals surface area contributed by atoms with Crippen LogP contribution in [0.25, 0.3) is 9.40 Å². The van der Waals surface area contributed by atoms with E-state index < -0.39 is 52.3 Å². The van der Waals surface area contributed by atoms with Crippen molar-refractivity contribution in [1.82, 2.24) is 9.80 Å². The molecule has 9 atom stereocenters. The molecule has 3 N–H and O–H groups in total. The van der Waals surface area contributed by atoms with Crippen molar-refractivity contribution in [2.75, 3.05) is 26.2 Å². The second-order valence-corrected chi connectivity index (χ2v) is 24.0. The van der Waals surface area contributed by atoms with Crippen LogP contribution in [0.3, 0.4) is 0 Å². The number of aryl methyl sites for hydroxylation is 2. The normalized spacial score (nSPS) is 35.6. The van der Waals surface area contributed by atoms with Crippen molar-refractivity contribution in [2.24, 2.45) is 11.8 Å². The smallest absolute Gasteiger partial charge is 0.316 e. The van der Waals surface area contributed by atoms with E-state index in [9.17, 15) is 29.7 Å². The Bertz CT molecular complexity index is 2830. The van der Waals surface area contributed by atoms with Crippen LogP contribution < -0.4 is 18.9 Å². The molecule has 4 saturated carbocycles. The van der Waals surface area contributed by atoms with E-state index in [2.05, 4.69) is 9.80 Å². The number of aliphatic hydroxyl groups is 3. The van der Waals surface area contributed by atoms with Crippen molar-refractivity contribution in [1.29, 1.82) is 0 Å². The molecule has 12 nitrogen and oxygen atoms in total. The number of esters is 2. The number of hydrogen-bond acceptors (Lipinski definition) is 14. The predicted octanol–water partition coefficient (Wildman–Crippen LogP) is 5.93. The van der Waals surface area contributed by atoms with E-state index in [0.717, 1.165) is 78.7 Å². The molecule has 2 aromatic heterocycles. The lowest BCUT2D eigenvalue weighted by molar-refractivity contribution is -0.208. The third-order valence-electron chi connectivity index (χ3n) is 18.5. The Labute approximate surface area is 391 Å². The number of ether oxygens (including phenoxy) is 4. The summed E-state index contributed by atoms with van der Waals surface area (Å²) in [6, 6.07) is 7.58. The number of ketones is 1. The Morgan fingerprint density at radius 2 is 1.23 bits per heavy atom. The first kappa shape index (κ1) is 41.1. The van der Waals surface area contributed by atoms with Gasteiger partial charge in [0.15, 0.2) is 34.9 Å². The van der Waals surface area contributed by atoms with Gasteiger partial charge in [-0.15, -0.1) is 22.7 Å². The van der Waals surface area contributed by atoms with Crippen LogP contribution in [0, 0.1) is 25.7 Å². The number of rotatable bonds is 10. The monoisotopic (exact) mass is 932 g/mol. The molecule has 346 valence electrons. The molecule has 2 aromatic carbocycles. The van der Waals surface area contributed by atoms with Crippen LogP contribution >= 0.6 is 22.7 Å². The first-order chi connectivity index (χ1) is 31.8. The number of fused-ring (bicyclic) bond motifs is 1. The molecule has 2 saturated heterocycles. The molecule has 14 heteroatoms. The number of carbonyl (C=O) groups excluding carboxylic acids is 3. The maximum atomic E-state index is 13.8. The summed E-state index contributed by atoms with van der Waals surface area (Å²) in [6.45, 7) is 7.65. The van der Waals surface area contributed by atoms with Gasteiger partial charge in [-0.05, 0) is 144 Å². The molecule has 0 amide bonds. The minimum atomic E-state index is -1.09. The van der Waals surface area contributed by atoms with Crippen LogP contribution in [0.2, 0.25) is 0 Å². The zero-order valence-electron chi connectivity index (χ0n) is 37.5. The van der Waals surface area contributed by atoms with Crippen LogP contribution in [0.1, 0.15) is 107 Å². The second kappa shape index (κ2) is 13.9. The summed E-state index contributed by atoms with van der Waals surface area (Å²) in [5, 5.41) is 36.8. The van der Waals surface area contributed by atoms with Gasteiger partial charge in [0.25, 0.3) is 0 Å². The number of benzene rings is 2. The summed E-state index contributed by atoms with van der Waals surface area (Å²) in [5.74, 6) is 2.14. The molecule has 6 aliphatic carbocycles. The van der Waals surface area contributed by atoms with Crippen molar-refractivity contribution in [3.8, 4) is 23.0 Å². The van der Waals surface area contributed by atoms with Gasteiger partial charge >= 0.3 is 11.9 Å². The van der Waals surface area contributed by atoms with Gasteiger partial charge in [0.1, 0.15) is 6.10 Å². The SMILES string of the molecule is Cc1c(CC(=O)Oc2ccc3c4c2O[C@H]2C(=O)CC[C@@]5(O)[C@@H](C3)N(CC3CC3)CC[C@]425)sc2c(C)c(CC(=O)Oc3ccc4c5c3O[C@H]3C(O)CC[C@@]6(O)[C@@H](C4)N(CC4CC4)CC[C@]536)sc12.